The molecular weight excluding hydrogens is 305 g/mol. The Labute approximate surface area is 141 Å². The molecule has 1 aromatic heterocycles. The van der Waals surface area contributed by atoms with Gasteiger partial charge in [-0.25, -0.2) is 9.38 Å². The van der Waals surface area contributed by atoms with E-state index in [1.807, 2.05) is 31.5 Å². The van der Waals surface area contributed by atoms with Crippen LogP contribution in [-0.4, -0.2) is 42.0 Å². The standard InChI is InChI=1S/C18H22FN5/c1-14-10-15(12-21-11-14)13-22-18(20)24-8-6-23(7-9-24)17-4-2-16(19)3-5-17/h2-5,10-12H,6-9,13H2,1H3,(H2,20,22). The Bertz CT molecular complexity index is 706. The van der Waals surface area contributed by atoms with E-state index >= 15 is 0 Å². The van der Waals surface area contributed by atoms with Gasteiger partial charge in [-0.2, -0.15) is 0 Å². The Balaban J connectivity index is 1.55. The fourth-order valence-corrected chi connectivity index (χ4v) is 2.82. The van der Waals surface area contributed by atoms with Crippen molar-refractivity contribution >= 4 is 11.6 Å². The first-order valence-corrected chi connectivity index (χ1v) is 8.08. The third kappa shape index (κ3) is 4.01. The smallest absolute Gasteiger partial charge is 0.191 e. The van der Waals surface area contributed by atoms with Crippen LogP contribution in [0, 0.1) is 12.7 Å². The quantitative estimate of drug-likeness (QED) is 0.693. The van der Waals surface area contributed by atoms with Gasteiger partial charge in [0.25, 0.3) is 0 Å². The molecule has 6 heteroatoms. The van der Waals surface area contributed by atoms with Crippen LogP contribution in [0.25, 0.3) is 0 Å². The largest absolute Gasteiger partial charge is 0.370 e. The van der Waals surface area contributed by atoms with Gasteiger partial charge in [0.15, 0.2) is 5.96 Å². The van der Waals surface area contributed by atoms with Gasteiger partial charge in [-0.05, 0) is 42.3 Å². The average Bonchev–Trinajstić information content (AvgIpc) is 2.61. The number of aryl methyl sites for hydroxylation is 1. The number of pyridine rings is 1. The molecule has 1 aliphatic heterocycles. The molecule has 2 aromatic rings. The van der Waals surface area contributed by atoms with Crippen LogP contribution in [0.1, 0.15) is 11.1 Å². The lowest BCUT2D eigenvalue weighted by Crippen LogP contribution is -2.51. The molecule has 0 spiro atoms. The van der Waals surface area contributed by atoms with Gasteiger partial charge in [-0.15, -0.1) is 0 Å². The summed E-state index contributed by atoms with van der Waals surface area (Å²) in [5.74, 6) is 0.356. The number of hydrogen-bond acceptors (Lipinski definition) is 3. The molecule has 1 fully saturated rings. The van der Waals surface area contributed by atoms with Gasteiger partial charge in [-0.1, -0.05) is 6.07 Å². The fourth-order valence-electron chi connectivity index (χ4n) is 2.82. The second-order valence-electron chi connectivity index (χ2n) is 6.00. The molecule has 0 radical (unpaired) electrons. The second kappa shape index (κ2) is 7.29. The number of hydrogen-bond donors (Lipinski definition) is 1. The number of anilines is 1. The predicted molar refractivity (Wildman–Crippen MR) is 94.5 cm³/mol. The molecule has 1 aliphatic rings. The maximum absolute atomic E-state index is 13.0. The first-order chi connectivity index (χ1) is 11.6. The Morgan fingerprint density at radius 1 is 1.17 bits per heavy atom. The monoisotopic (exact) mass is 327 g/mol. The van der Waals surface area contributed by atoms with E-state index in [9.17, 15) is 4.39 Å². The van der Waals surface area contributed by atoms with Crippen LogP contribution in [0.15, 0.2) is 47.7 Å². The summed E-state index contributed by atoms with van der Waals surface area (Å²) in [6, 6.07) is 8.68. The zero-order valence-corrected chi connectivity index (χ0v) is 13.8. The number of aliphatic imine (C=N–C) groups is 1. The van der Waals surface area contributed by atoms with Gasteiger partial charge in [0.05, 0.1) is 6.54 Å². The third-order valence-electron chi connectivity index (χ3n) is 4.15. The fraction of sp³-hybridized carbons (Fsp3) is 0.333. The van der Waals surface area contributed by atoms with E-state index in [-0.39, 0.29) is 5.82 Å². The summed E-state index contributed by atoms with van der Waals surface area (Å²) in [4.78, 5) is 13.0. The SMILES string of the molecule is Cc1cncc(CN=C(N)N2CCN(c3ccc(F)cc3)CC2)c1. The van der Waals surface area contributed by atoms with E-state index < -0.39 is 0 Å². The summed E-state index contributed by atoms with van der Waals surface area (Å²) in [5.41, 5.74) is 9.34. The number of nitrogens with two attached hydrogens (primary N) is 1. The predicted octanol–water partition coefficient (Wildman–Crippen LogP) is 2.17. The van der Waals surface area contributed by atoms with Gasteiger partial charge < -0.3 is 15.5 Å². The third-order valence-corrected chi connectivity index (χ3v) is 4.15. The topological polar surface area (TPSA) is 57.8 Å². The maximum atomic E-state index is 13.0. The number of nitrogens with zero attached hydrogens (tertiary/aromatic N) is 4. The van der Waals surface area contributed by atoms with Crippen LogP contribution in [-0.2, 0) is 6.54 Å². The van der Waals surface area contributed by atoms with E-state index in [4.69, 9.17) is 5.73 Å². The lowest BCUT2D eigenvalue weighted by atomic mass is 10.2. The lowest BCUT2D eigenvalue weighted by Gasteiger charge is -2.36. The van der Waals surface area contributed by atoms with Gasteiger partial charge in [0.2, 0.25) is 0 Å². The molecule has 5 nitrogen and oxygen atoms in total. The van der Waals surface area contributed by atoms with E-state index in [1.165, 1.54) is 12.1 Å². The Hall–Kier alpha value is -2.63. The number of rotatable bonds is 3. The van der Waals surface area contributed by atoms with E-state index in [0.29, 0.717) is 12.5 Å². The molecular formula is C18H22FN5. The minimum atomic E-state index is -0.209. The molecule has 0 amide bonds. The van der Waals surface area contributed by atoms with Crippen molar-refractivity contribution in [2.24, 2.45) is 10.7 Å². The Kier molecular flexibility index (Phi) is 4.93. The highest BCUT2D eigenvalue weighted by Gasteiger charge is 2.18. The zero-order valence-electron chi connectivity index (χ0n) is 13.8. The van der Waals surface area contributed by atoms with E-state index in [0.717, 1.165) is 43.0 Å². The first-order valence-electron chi connectivity index (χ1n) is 8.08. The van der Waals surface area contributed by atoms with Crippen molar-refractivity contribution in [3.63, 3.8) is 0 Å². The number of halogens is 1. The van der Waals surface area contributed by atoms with E-state index in [1.54, 1.807) is 0 Å². The highest BCUT2D eigenvalue weighted by atomic mass is 19.1. The highest BCUT2D eigenvalue weighted by Crippen LogP contribution is 2.16. The number of aromatic nitrogens is 1. The second-order valence-corrected chi connectivity index (χ2v) is 6.00. The highest BCUT2D eigenvalue weighted by molar-refractivity contribution is 5.78. The molecule has 126 valence electrons. The number of piperazine rings is 1. The molecule has 2 N–H and O–H groups in total. The van der Waals surface area contributed by atoms with Crippen LogP contribution in [0.4, 0.5) is 10.1 Å². The van der Waals surface area contributed by atoms with Gasteiger partial charge >= 0.3 is 0 Å². The molecule has 2 heterocycles. The first kappa shape index (κ1) is 16.2. The molecule has 1 saturated heterocycles. The normalized spacial score (nSPS) is 15.7. The van der Waals surface area contributed by atoms with Crippen molar-refractivity contribution < 1.29 is 4.39 Å². The van der Waals surface area contributed by atoms with Crippen molar-refractivity contribution in [3.8, 4) is 0 Å². The van der Waals surface area contributed by atoms with E-state index in [2.05, 4.69) is 25.8 Å². The van der Waals surface area contributed by atoms with Crippen molar-refractivity contribution in [2.75, 3.05) is 31.1 Å². The molecule has 1 aromatic carbocycles. The molecule has 0 atom stereocenters. The van der Waals surface area contributed by atoms with Crippen molar-refractivity contribution in [1.29, 1.82) is 0 Å². The van der Waals surface area contributed by atoms with Crippen LogP contribution >= 0.6 is 0 Å². The number of benzene rings is 1. The van der Waals surface area contributed by atoms with Crippen LogP contribution in [0.2, 0.25) is 0 Å². The minimum absolute atomic E-state index is 0.209. The average molecular weight is 327 g/mol. The Morgan fingerprint density at radius 2 is 1.88 bits per heavy atom. The molecule has 0 bridgehead atoms. The van der Waals surface area contributed by atoms with Crippen molar-refractivity contribution in [3.05, 3.63) is 59.7 Å². The summed E-state index contributed by atoms with van der Waals surface area (Å²) < 4.78 is 13.0. The summed E-state index contributed by atoms with van der Waals surface area (Å²) >= 11 is 0. The summed E-state index contributed by atoms with van der Waals surface area (Å²) in [7, 11) is 0. The maximum Gasteiger partial charge on any atom is 0.191 e. The van der Waals surface area contributed by atoms with Gasteiger partial charge in [0.1, 0.15) is 5.82 Å². The molecule has 24 heavy (non-hydrogen) atoms. The summed E-state index contributed by atoms with van der Waals surface area (Å²) in [6.07, 6.45) is 3.64. The molecule has 0 aliphatic carbocycles. The minimum Gasteiger partial charge on any atom is -0.370 e. The van der Waals surface area contributed by atoms with Crippen molar-refractivity contribution in [1.82, 2.24) is 9.88 Å². The Morgan fingerprint density at radius 3 is 2.54 bits per heavy atom. The van der Waals surface area contributed by atoms with Crippen LogP contribution in [0.5, 0.6) is 0 Å². The van der Waals surface area contributed by atoms with Crippen LogP contribution in [0.3, 0.4) is 0 Å². The molecule has 3 rings (SSSR count). The summed E-state index contributed by atoms with van der Waals surface area (Å²) in [6.45, 7) is 5.84. The number of guanidine groups is 1. The molecule has 0 saturated carbocycles. The zero-order chi connectivity index (χ0) is 16.9. The van der Waals surface area contributed by atoms with Crippen LogP contribution < -0.4 is 10.6 Å². The van der Waals surface area contributed by atoms with Gasteiger partial charge in [-0.3, -0.25) is 4.98 Å². The lowest BCUT2D eigenvalue weighted by molar-refractivity contribution is 0.380. The summed E-state index contributed by atoms with van der Waals surface area (Å²) in [5, 5.41) is 0. The van der Waals surface area contributed by atoms with Crippen molar-refractivity contribution in [2.45, 2.75) is 13.5 Å². The van der Waals surface area contributed by atoms with Gasteiger partial charge in [0, 0.05) is 44.3 Å². The molecule has 0 unspecified atom stereocenters.